The number of rotatable bonds is 2. The van der Waals surface area contributed by atoms with Gasteiger partial charge in [0.25, 0.3) is 0 Å². The molecule has 0 radical (unpaired) electrons. The Morgan fingerprint density at radius 1 is 1.35 bits per heavy atom. The van der Waals surface area contributed by atoms with Crippen LogP contribution in [0.4, 0.5) is 0 Å². The Labute approximate surface area is 99.2 Å². The highest BCUT2D eigenvalue weighted by molar-refractivity contribution is 5.96. The molecule has 1 aromatic heterocycles. The molecule has 1 aliphatic carbocycles. The van der Waals surface area contributed by atoms with Crippen molar-refractivity contribution in [3.8, 4) is 0 Å². The summed E-state index contributed by atoms with van der Waals surface area (Å²) >= 11 is 0. The average molecular weight is 229 g/mol. The summed E-state index contributed by atoms with van der Waals surface area (Å²) in [6, 6.07) is 5.36. The molecule has 1 aliphatic rings. The monoisotopic (exact) mass is 229 g/mol. The van der Waals surface area contributed by atoms with Crippen LogP contribution in [0.25, 0.3) is 11.0 Å². The van der Waals surface area contributed by atoms with Crippen LogP contribution in [0, 0.1) is 0 Å². The van der Waals surface area contributed by atoms with E-state index in [0.717, 1.165) is 16.9 Å². The molecule has 4 heteroatoms. The maximum Gasteiger partial charge on any atom is 0.248 e. The molecule has 1 saturated carbocycles. The number of hydrogen-bond acceptors (Lipinski definition) is 2. The molecular formula is C13H15N3O. The zero-order valence-corrected chi connectivity index (χ0v) is 9.57. The van der Waals surface area contributed by atoms with Crippen LogP contribution in [0.2, 0.25) is 0 Å². The number of aromatic nitrogens is 2. The largest absolute Gasteiger partial charge is 0.366 e. The second-order valence-electron chi connectivity index (χ2n) is 4.70. The van der Waals surface area contributed by atoms with Gasteiger partial charge in [0.05, 0.1) is 11.0 Å². The minimum absolute atomic E-state index is 0.399. The number of nitrogens with two attached hydrogens (primary N) is 1. The number of carbonyl (C=O) groups excluding carboxylic acids is 1. The lowest BCUT2D eigenvalue weighted by Gasteiger charge is -2.02. The van der Waals surface area contributed by atoms with Gasteiger partial charge in [-0.1, -0.05) is 12.8 Å². The second kappa shape index (κ2) is 3.87. The summed E-state index contributed by atoms with van der Waals surface area (Å²) in [6.45, 7) is 0. The predicted molar refractivity (Wildman–Crippen MR) is 65.8 cm³/mol. The predicted octanol–water partition coefficient (Wildman–Crippen LogP) is 2.32. The lowest BCUT2D eigenvalue weighted by atomic mass is 10.1. The molecule has 0 atom stereocenters. The van der Waals surface area contributed by atoms with Gasteiger partial charge in [0, 0.05) is 11.5 Å². The van der Waals surface area contributed by atoms with Gasteiger partial charge >= 0.3 is 0 Å². The molecule has 0 spiro atoms. The highest BCUT2D eigenvalue weighted by Crippen LogP contribution is 2.33. The number of hydrogen-bond donors (Lipinski definition) is 2. The third kappa shape index (κ3) is 1.79. The lowest BCUT2D eigenvalue weighted by Crippen LogP contribution is -2.10. The number of primary amides is 1. The summed E-state index contributed by atoms with van der Waals surface area (Å²) in [5, 5.41) is 0. The number of carbonyl (C=O) groups is 1. The zero-order valence-electron chi connectivity index (χ0n) is 9.57. The van der Waals surface area contributed by atoms with Gasteiger partial charge in [0.2, 0.25) is 5.91 Å². The first kappa shape index (κ1) is 10.3. The van der Waals surface area contributed by atoms with Crippen molar-refractivity contribution < 1.29 is 4.79 Å². The maximum absolute atomic E-state index is 11.1. The molecule has 1 aromatic carbocycles. The standard InChI is InChI=1S/C13H15N3O/c14-12(17)9-5-6-10-11(7-9)16-13(15-10)8-3-1-2-4-8/h5-8H,1-4H2,(H2,14,17)(H,15,16). The van der Waals surface area contributed by atoms with E-state index >= 15 is 0 Å². The number of aromatic amines is 1. The lowest BCUT2D eigenvalue weighted by molar-refractivity contribution is 0.100. The van der Waals surface area contributed by atoms with Gasteiger partial charge in [-0.05, 0) is 31.0 Å². The Morgan fingerprint density at radius 2 is 2.12 bits per heavy atom. The van der Waals surface area contributed by atoms with Crippen molar-refractivity contribution in [2.24, 2.45) is 5.73 Å². The summed E-state index contributed by atoms with van der Waals surface area (Å²) in [5.74, 6) is 1.21. The van der Waals surface area contributed by atoms with E-state index in [-0.39, 0.29) is 0 Å². The van der Waals surface area contributed by atoms with E-state index in [9.17, 15) is 4.79 Å². The number of amides is 1. The summed E-state index contributed by atoms with van der Waals surface area (Å²) in [7, 11) is 0. The first-order chi connectivity index (χ1) is 8.24. The molecule has 1 fully saturated rings. The summed E-state index contributed by atoms with van der Waals surface area (Å²) < 4.78 is 0. The Bertz CT molecular complexity index is 567. The van der Waals surface area contributed by atoms with Gasteiger partial charge in [0.15, 0.2) is 0 Å². The molecule has 1 heterocycles. The fourth-order valence-electron chi connectivity index (χ4n) is 2.58. The van der Waals surface area contributed by atoms with E-state index in [1.54, 1.807) is 12.1 Å². The van der Waals surface area contributed by atoms with Gasteiger partial charge in [-0.15, -0.1) is 0 Å². The summed E-state index contributed by atoms with van der Waals surface area (Å²) in [5.41, 5.74) is 7.61. The Balaban J connectivity index is 2.03. The van der Waals surface area contributed by atoms with Crippen molar-refractivity contribution in [1.82, 2.24) is 9.97 Å². The van der Waals surface area contributed by atoms with Crippen LogP contribution in [0.3, 0.4) is 0 Å². The van der Waals surface area contributed by atoms with Crippen molar-refractivity contribution in [3.63, 3.8) is 0 Å². The molecule has 3 rings (SSSR count). The van der Waals surface area contributed by atoms with Gasteiger partial charge < -0.3 is 10.7 Å². The van der Waals surface area contributed by atoms with Gasteiger partial charge in [0.1, 0.15) is 5.82 Å². The Hall–Kier alpha value is -1.84. The van der Waals surface area contributed by atoms with Gasteiger partial charge in [-0.25, -0.2) is 4.98 Å². The van der Waals surface area contributed by atoms with Crippen LogP contribution in [-0.4, -0.2) is 15.9 Å². The van der Waals surface area contributed by atoms with Gasteiger partial charge in [-0.2, -0.15) is 0 Å². The smallest absolute Gasteiger partial charge is 0.248 e. The van der Waals surface area contributed by atoms with Crippen molar-refractivity contribution in [1.29, 1.82) is 0 Å². The molecule has 1 amide bonds. The quantitative estimate of drug-likeness (QED) is 0.829. The Morgan fingerprint density at radius 3 is 2.82 bits per heavy atom. The van der Waals surface area contributed by atoms with E-state index in [0.29, 0.717) is 11.5 Å². The normalized spacial score (nSPS) is 16.7. The van der Waals surface area contributed by atoms with E-state index in [1.165, 1.54) is 25.7 Å². The second-order valence-corrected chi connectivity index (χ2v) is 4.70. The van der Waals surface area contributed by atoms with Crippen LogP contribution >= 0.6 is 0 Å². The fraction of sp³-hybridized carbons (Fsp3) is 0.385. The van der Waals surface area contributed by atoms with Crippen molar-refractivity contribution in [3.05, 3.63) is 29.6 Å². The van der Waals surface area contributed by atoms with E-state index in [4.69, 9.17) is 5.73 Å². The zero-order chi connectivity index (χ0) is 11.8. The molecular weight excluding hydrogens is 214 g/mol. The van der Waals surface area contributed by atoms with E-state index < -0.39 is 5.91 Å². The van der Waals surface area contributed by atoms with Crippen LogP contribution in [0.15, 0.2) is 18.2 Å². The minimum Gasteiger partial charge on any atom is -0.366 e. The SMILES string of the molecule is NC(=O)c1ccc2nc(C3CCCC3)[nH]c2c1. The van der Waals surface area contributed by atoms with Crippen LogP contribution < -0.4 is 5.73 Å². The number of nitrogens with one attached hydrogen (secondary N) is 1. The molecule has 0 saturated heterocycles. The molecule has 2 aromatic rings. The van der Waals surface area contributed by atoms with Crippen molar-refractivity contribution in [2.75, 3.05) is 0 Å². The first-order valence-electron chi connectivity index (χ1n) is 6.03. The number of imidazole rings is 1. The highest BCUT2D eigenvalue weighted by atomic mass is 16.1. The molecule has 0 bridgehead atoms. The number of H-pyrrole nitrogens is 1. The van der Waals surface area contributed by atoms with Crippen LogP contribution in [0.5, 0.6) is 0 Å². The molecule has 4 nitrogen and oxygen atoms in total. The Kier molecular flexibility index (Phi) is 2.35. The average Bonchev–Trinajstić information content (AvgIpc) is 2.96. The first-order valence-corrected chi connectivity index (χ1v) is 6.03. The third-order valence-corrected chi connectivity index (χ3v) is 3.53. The van der Waals surface area contributed by atoms with Crippen LogP contribution in [-0.2, 0) is 0 Å². The minimum atomic E-state index is -0.399. The molecule has 17 heavy (non-hydrogen) atoms. The number of fused-ring (bicyclic) bond motifs is 1. The summed E-state index contributed by atoms with van der Waals surface area (Å²) in [4.78, 5) is 19.0. The van der Waals surface area contributed by atoms with E-state index in [2.05, 4.69) is 9.97 Å². The molecule has 0 unspecified atom stereocenters. The molecule has 3 N–H and O–H groups in total. The number of nitrogens with zero attached hydrogens (tertiary/aromatic N) is 1. The summed E-state index contributed by atoms with van der Waals surface area (Å²) in [6.07, 6.45) is 4.99. The number of benzene rings is 1. The highest BCUT2D eigenvalue weighted by Gasteiger charge is 2.20. The topological polar surface area (TPSA) is 71.8 Å². The van der Waals surface area contributed by atoms with Crippen molar-refractivity contribution in [2.45, 2.75) is 31.6 Å². The third-order valence-electron chi connectivity index (χ3n) is 3.53. The van der Waals surface area contributed by atoms with Crippen molar-refractivity contribution >= 4 is 16.9 Å². The van der Waals surface area contributed by atoms with Gasteiger partial charge in [-0.3, -0.25) is 4.79 Å². The van der Waals surface area contributed by atoms with E-state index in [1.807, 2.05) is 6.07 Å². The fourth-order valence-corrected chi connectivity index (χ4v) is 2.58. The maximum atomic E-state index is 11.1. The molecule has 88 valence electrons. The molecule has 0 aliphatic heterocycles. The van der Waals surface area contributed by atoms with Crippen LogP contribution in [0.1, 0.15) is 47.8 Å².